The molecule has 0 aromatic carbocycles. The Morgan fingerprint density at radius 2 is 2.17 bits per heavy atom. The maximum atomic E-state index is 11.6. The highest BCUT2D eigenvalue weighted by molar-refractivity contribution is 7.63. The fourth-order valence-electron chi connectivity index (χ4n) is 1.79. The van der Waals surface area contributed by atoms with E-state index in [1.54, 1.807) is 0 Å². The molecule has 2 rings (SSSR count). The van der Waals surface area contributed by atoms with Gasteiger partial charge in [-0.1, -0.05) is 0 Å². The third-order valence-electron chi connectivity index (χ3n) is 2.74. The van der Waals surface area contributed by atoms with E-state index in [4.69, 9.17) is 15.3 Å². The van der Waals surface area contributed by atoms with Crippen LogP contribution in [0.25, 0.3) is 0 Å². The zero-order valence-electron chi connectivity index (χ0n) is 9.21. The summed E-state index contributed by atoms with van der Waals surface area (Å²) in [6.07, 6.45) is -3.73. The number of hydrogen-bond acceptors (Lipinski definition) is 6. The smallest absolute Gasteiger partial charge is 0.330 e. The van der Waals surface area contributed by atoms with E-state index in [-0.39, 0.29) is 0 Å². The number of carbonyl (C=O) groups is 1. The zero-order chi connectivity index (χ0) is 13.5. The second kappa shape index (κ2) is 4.61. The minimum atomic E-state index is -3.35. The van der Waals surface area contributed by atoms with Gasteiger partial charge in [0.2, 0.25) is 0 Å². The minimum Gasteiger partial charge on any atom is -0.394 e. The predicted molar refractivity (Wildman–Crippen MR) is 59.1 cm³/mol. The zero-order valence-corrected chi connectivity index (χ0v) is 10.1. The van der Waals surface area contributed by atoms with E-state index in [2.05, 4.69) is 0 Å². The molecule has 0 bridgehead atoms. The Morgan fingerprint density at radius 3 is 2.67 bits per heavy atom. The quantitative estimate of drug-likeness (QED) is 0.370. The number of amides is 2. The van der Waals surface area contributed by atoms with Crippen LogP contribution in [0, 0.1) is 0 Å². The van der Waals surface area contributed by atoms with Gasteiger partial charge in [-0.25, -0.2) is 4.79 Å². The molecule has 4 unspecified atom stereocenters. The lowest BCUT2D eigenvalue weighted by atomic mass is 10.1. The molecule has 6 N–H and O–H groups in total. The van der Waals surface area contributed by atoms with E-state index in [0.29, 0.717) is 0 Å². The standard InChI is InChI=1S/C8H14N3O6P/c9-18(16)2-1-11(8(15)10-18)7-6(14)5(13)4(3-12)17-7/h1-2,4-7,12-14H,3H2,(H3,9,10,15,16)/t4?,5?,6?,7?,18-/m0/s1. The second-order valence-electron chi connectivity index (χ2n) is 4.06. The number of rotatable bonds is 2. The number of hydrogen-bond donors (Lipinski definition) is 5. The van der Waals surface area contributed by atoms with Crippen molar-refractivity contribution in [1.29, 1.82) is 0 Å². The lowest BCUT2D eigenvalue weighted by Crippen LogP contribution is -2.49. The van der Waals surface area contributed by atoms with E-state index in [1.165, 1.54) is 0 Å². The van der Waals surface area contributed by atoms with Crippen molar-refractivity contribution in [1.82, 2.24) is 9.99 Å². The summed E-state index contributed by atoms with van der Waals surface area (Å²) in [5.74, 6) is 1.09. The van der Waals surface area contributed by atoms with Crippen LogP contribution in [0.2, 0.25) is 0 Å². The molecular formula is C8H14N3O6P. The average molecular weight is 279 g/mol. The van der Waals surface area contributed by atoms with E-state index in [9.17, 15) is 19.6 Å². The molecule has 1 saturated heterocycles. The van der Waals surface area contributed by atoms with Gasteiger partial charge in [0.05, 0.1) is 6.61 Å². The van der Waals surface area contributed by atoms with E-state index >= 15 is 0 Å². The maximum Gasteiger partial charge on any atom is 0.330 e. The van der Waals surface area contributed by atoms with Crippen molar-refractivity contribution in [2.24, 2.45) is 5.50 Å². The summed E-state index contributed by atoms with van der Waals surface area (Å²) in [6, 6.07) is -0.807. The number of nitrogens with zero attached hydrogens (tertiary/aromatic N) is 1. The van der Waals surface area contributed by atoms with Gasteiger partial charge >= 0.3 is 6.03 Å². The molecule has 2 amide bonds. The molecule has 0 spiro atoms. The Bertz CT molecular complexity index is 429. The Labute approximate surface area is 102 Å². The molecule has 2 aliphatic rings. The monoisotopic (exact) mass is 279 g/mol. The number of ether oxygens (including phenoxy) is 1. The highest BCUT2D eigenvalue weighted by Gasteiger charge is 2.47. The van der Waals surface area contributed by atoms with Crippen molar-refractivity contribution in [3.8, 4) is 0 Å². The Balaban J connectivity index is 2.18. The van der Waals surface area contributed by atoms with Crippen LogP contribution >= 0.6 is 7.44 Å². The molecule has 2 heterocycles. The van der Waals surface area contributed by atoms with Crippen molar-refractivity contribution >= 4 is 13.5 Å². The first-order chi connectivity index (χ1) is 8.35. The molecule has 1 fully saturated rings. The van der Waals surface area contributed by atoms with Crippen LogP contribution in [-0.2, 0) is 9.30 Å². The summed E-state index contributed by atoms with van der Waals surface area (Å²) in [5.41, 5.74) is 5.26. The molecule has 0 radical (unpaired) electrons. The molecule has 0 saturated carbocycles. The van der Waals surface area contributed by atoms with Crippen molar-refractivity contribution in [2.45, 2.75) is 24.5 Å². The molecule has 5 atom stereocenters. The minimum absolute atomic E-state index is 0.497. The van der Waals surface area contributed by atoms with Gasteiger partial charge in [0, 0.05) is 12.0 Å². The third kappa shape index (κ3) is 2.28. The number of nitrogens with two attached hydrogens (primary N) is 1. The van der Waals surface area contributed by atoms with Gasteiger partial charge in [0.1, 0.15) is 18.3 Å². The lowest BCUT2D eigenvalue weighted by molar-refractivity contribution is -0.0646. The molecule has 0 aromatic heterocycles. The fourth-order valence-corrected chi connectivity index (χ4v) is 2.62. The number of urea groups is 1. The highest BCUT2D eigenvalue weighted by Crippen LogP contribution is 2.37. The maximum absolute atomic E-state index is 11.6. The molecule has 9 nitrogen and oxygen atoms in total. The average Bonchev–Trinajstić information content (AvgIpc) is 2.55. The molecule has 102 valence electrons. The van der Waals surface area contributed by atoms with Gasteiger partial charge in [0.15, 0.2) is 6.23 Å². The summed E-state index contributed by atoms with van der Waals surface area (Å²) < 4.78 is 16.6. The largest absolute Gasteiger partial charge is 0.394 e. The topological polar surface area (TPSA) is 145 Å². The van der Waals surface area contributed by atoms with Crippen LogP contribution in [0.3, 0.4) is 0 Å². The van der Waals surface area contributed by atoms with Crippen LogP contribution in [0.1, 0.15) is 0 Å². The van der Waals surface area contributed by atoms with E-state index in [0.717, 1.165) is 16.9 Å². The Kier molecular flexibility index (Phi) is 3.45. The second-order valence-corrected chi connectivity index (χ2v) is 6.00. The summed E-state index contributed by atoms with van der Waals surface area (Å²) in [7, 11) is -3.35. The van der Waals surface area contributed by atoms with Gasteiger partial charge < -0.3 is 20.1 Å². The SMILES string of the molecule is N[P@@]1(=O)C=CN(C2OC(CO)C(O)C2O)C(=O)N1. The van der Waals surface area contributed by atoms with Crippen LogP contribution in [-0.4, -0.2) is 57.4 Å². The normalized spacial score (nSPS) is 44.2. The van der Waals surface area contributed by atoms with Crippen LogP contribution in [0.5, 0.6) is 0 Å². The van der Waals surface area contributed by atoms with Gasteiger partial charge in [-0.2, -0.15) is 0 Å². The van der Waals surface area contributed by atoms with Crippen molar-refractivity contribution < 1.29 is 29.4 Å². The summed E-state index contributed by atoms with van der Waals surface area (Å²) >= 11 is 0. The predicted octanol–water partition coefficient (Wildman–Crippen LogP) is -1.93. The molecule has 0 aromatic rings. The molecule has 10 heteroatoms. The van der Waals surface area contributed by atoms with Crippen LogP contribution in [0.15, 0.2) is 12.0 Å². The fraction of sp³-hybridized carbons (Fsp3) is 0.625. The first kappa shape index (κ1) is 13.5. The Morgan fingerprint density at radius 1 is 1.50 bits per heavy atom. The summed E-state index contributed by atoms with van der Waals surface area (Å²) in [6.45, 7) is -0.497. The van der Waals surface area contributed by atoms with Gasteiger partial charge in [-0.3, -0.25) is 20.1 Å². The van der Waals surface area contributed by atoms with Gasteiger partial charge in [-0.05, 0) is 0 Å². The lowest BCUT2D eigenvalue weighted by Gasteiger charge is -2.31. The highest BCUT2D eigenvalue weighted by atomic mass is 31.2. The Hall–Kier alpha value is -0.960. The molecule has 2 aliphatic heterocycles. The van der Waals surface area contributed by atoms with Crippen molar-refractivity contribution in [3.05, 3.63) is 12.0 Å². The third-order valence-corrected chi connectivity index (χ3v) is 3.86. The number of aliphatic hydroxyl groups is 3. The molecular weight excluding hydrogens is 265 g/mol. The van der Waals surface area contributed by atoms with Crippen molar-refractivity contribution in [3.63, 3.8) is 0 Å². The number of carbonyl (C=O) groups excluding carboxylic acids is 1. The van der Waals surface area contributed by atoms with Crippen LogP contribution in [0.4, 0.5) is 4.79 Å². The number of aliphatic hydroxyl groups excluding tert-OH is 3. The summed E-state index contributed by atoms with van der Waals surface area (Å²) in [4.78, 5) is 12.5. The van der Waals surface area contributed by atoms with Gasteiger partial charge in [0.25, 0.3) is 7.44 Å². The molecule has 18 heavy (non-hydrogen) atoms. The van der Waals surface area contributed by atoms with E-state index < -0.39 is 44.6 Å². The first-order valence-corrected chi connectivity index (χ1v) is 7.01. The van der Waals surface area contributed by atoms with Crippen molar-refractivity contribution in [2.75, 3.05) is 6.61 Å². The summed E-state index contributed by atoms with van der Waals surface area (Å²) in [5, 5.41) is 30.2. The number of nitrogens with one attached hydrogen (secondary N) is 1. The molecule has 0 aliphatic carbocycles. The van der Waals surface area contributed by atoms with E-state index in [1.807, 2.05) is 5.09 Å². The van der Waals surface area contributed by atoms with Gasteiger partial charge in [-0.15, -0.1) is 0 Å². The first-order valence-electron chi connectivity index (χ1n) is 5.16. The van der Waals surface area contributed by atoms with Crippen LogP contribution < -0.4 is 10.6 Å².